The molecule has 0 spiro atoms. The summed E-state index contributed by atoms with van der Waals surface area (Å²) in [6, 6.07) is 4.16. The number of carbonyl (C=O) groups excluding carboxylic acids is 2. The van der Waals surface area contributed by atoms with Crippen LogP contribution in [0.25, 0.3) is 0 Å². The number of hydrogen-bond acceptors (Lipinski definition) is 7. The first-order valence-electron chi connectivity index (χ1n) is 14.4. The first-order valence-corrected chi connectivity index (χ1v) is 16.2. The second-order valence-corrected chi connectivity index (χ2v) is 13.3. The van der Waals surface area contributed by atoms with E-state index in [4.69, 9.17) is 22.1 Å². The lowest BCUT2D eigenvalue weighted by atomic mass is 9.90. The number of hydrogen-bond donors (Lipinski definition) is 1. The molecule has 0 radical (unpaired) electrons. The van der Waals surface area contributed by atoms with E-state index in [1.54, 1.807) is 0 Å². The van der Waals surface area contributed by atoms with Crippen molar-refractivity contribution in [3.8, 4) is 5.75 Å². The Bertz CT molecular complexity index is 1430. The van der Waals surface area contributed by atoms with Gasteiger partial charge < -0.3 is 20.2 Å². The number of nitrogens with zero attached hydrogens (tertiary/aromatic N) is 2. The van der Waals surface area contributed by atoms with Gasteiger partial charge in [-0.25, -0.2) is 13.2 Å². The molecule has 0 unspecified atom stereocenters. The molecule has 1 atom stereocenters. The fourth-order valence-electron chi connectivity index (χ4n) is 5.25. The van der Waals surface area contributed by atoms with Crippen LogP contribution >= 0.6 is 11.6 Å². The van der Waals surface area contributed by atoms with Gasteiger partial charge in [0.05, 0.1) is 11.5 Å². The van der Waals surface area contributed by atoms with Crippen LogP contribution in [0.4, 0.5) is 22.0 Å². The molecule has 1 saturated carbocycles. The topological polar surface area (TPSA) is 119 Å². The molecule has 1 amide bonds. The SMILES string of the molecule is NC1CCN(C(=O)[C@@H](N(OC(=O)C(F)(F)F)S(=O)(=O)c2ccc(OCC3CCCCC3)cc2)C(F)(F)c2ccc(Cl)cc2)CC1. The average molecular weight is 682 g/mol. The zero-order chi connectivity index (χ0) is 33.0. The first-order chi connectivity index (χ1) is 21.1. The van der Waals surface area contributed by atoms with Crippen molar-refractivity contribution >= 4 is 33.5 Å². The van der Waals surface area contributed by atoms with E-state index >= 15 is 8.78 Å². The van der Waals surface area contributed by atoms with Gasteiger partial charge >= 0.3 is 18.1 Å². The lowest BCUT2D eigenvalue weighted by molar-refractivity contribution is -0.239. The number of ether oxygens (including phenoxy) is 1. The van der Waals surface area contributed by atoms with Gasteiger partial charge in [-0.2, -0.15) is 22.0 Å². The predicted molar refractivity (Wildman–Crippen MR) is 153 cm³/mol. The standard InChI is InChI=1S/C29H33ClF5N3O6S/c30-21-8-6-20(7-9-21)28(31,32)25(26(39)37-16-14-22(36)15-17-37)38(44-27(40)29(33,34)35)45(41,42)24-12-10-23(11-13-24)43-18-19-4-2-1-3-5-19/h6-13,19,22,25H,1-5,14-18,36H2/t25-/m1/s1. The molecule has 2 N–H and O–H groups in total. The summed E-state index contributed by atoms with van der Waals surface area (Å²) >= 11 is 5.81. The van der Waals surface area contributed by atoms with Gasteiger partial charge in [0.1, 0.15) is 5.75 Å². The summed E-state index contributed by atoms with van der Waals surface area (Å²) in [6.45, 7) is -0.0343. The molecule has 2 aliphatic rings. The van der Waals surface area contributed by atoms with Crippen LogP contribution in [-0.4, -0.2) is 67.6 Å². The summed E-state index contributed by atoms with van der Waals surface area (Å²) in [6.07, 6.45) is -0.315. The Morgan fingerprint density at radius 2 is 1.51 bits per heavy atom. The number of rotatable bonds is 10. The largest absolute Gasteiger partial charge is 0.493 e. The van der Waals surface area contributed by atoms with Crippen LogP contribution in [0.3, 0.4) is 0 Å². The van der Waals surface area contributed by atoms with Crippen LogP contribution in [0.1, 0.15) is 50.5 Å². The molecule has 1 aliphatic carbocycles. The number of hydroxylamine groups is 1. The maximum atomic E-state index is 16.3. The highest BCUT2D eigenvalue weighted by molar-refractivity contribution is 7.89. The summed E-state index contributed by atoms with van der Waals surface area (Å²) < 4.78 is 105. The summed E-state index contributed by atoms with van der Waals surface area (Å²) in [7, 11) is -5.55. The van der Waals surface area contributed by atoms with Crippen LogP contribution in [0.5, 0.6) is 5.75 Å². The smallest absolute Gasteiger partial charge is 0.492 e. The van der Waals surface area contributed by atoms with E-state index in [0.29, 0.717) is 12.5 Å². The van der Waals surface area contributed by atoms with Crippen LogP contribution in [0, 0.1) is 5.92 Å². The zero-order valence-electron chi connectivity index (χ0n) is 24.0. The van der Waals surface area contributed by atoms with E-state index < -0.39 is 55.0 Å². The highest BCUT2D eigenvalue weighted by Gasteiger charge is 2.58. The number of benzene rings is 2. The highest BCUT2D eigenvalue weighted by Crippen LogP contribution is 2.40. The number of halogens is 6. The molecule has 248 valence electrons. The molecule has 16 heteroatoms. The van der Waals surface area contributed by atoms with E-state index in [1.165, 1.54) is 12.1 Å². The van der Waals surface area contributed by atoms with Crippen molar-refractivity contribution in [2.45, 2.75) is 74.0 Å². The quantitative estimate of drug-likeness (QED) is 0.263. The third-order valence-electron chi connectivity index (χ3n) is 7.84. The van der Waals surface area contributed by atoms with Gasteiger partial charge in [-0.05, 0) is 72.5 Å². The average Bonchev–Trinajstić information content (AvgIpc) is 3.00. The van der Waals surface area contributed by atoms with E-state index in [1.807, 2.05) is 0 Å². The molecule has 0 aromatic heterocycles. The number of piperidine rings is 1. The van der Waals surface area contributed by atoms with Gasteiger partial charge in [0.25, 0.3) is 15.9 Å². The maximum Gasteiger partial charge on any atom is 0.492 e. The minimum absolute atomic E-state index is 0.0150. The Morgan fingerprint density at radius 1 is 0.933 bits per heavy atom. The van der Waals surface area contributed by atoms with Crippen molar-refractivity contribution in [3.63, 3.8) is 0 Å². The minimum Gasteiger partial charge on any atom is -0.493 e. The Morgan fingerprint density at radius 3 is 2.07 bits per heavy atom. The van der Waals surface area contributed by atoms with Gasteiger partial charge in [0.2, 0.25) is 6.04 Å². The fourth-order valence-corrected chi connectivity index (χ4v) is 6.73. The number of nitrogens with two attached hydrogens (primary N) is 1. The summed E-state index contributed by atoms with van der Waals surface area (Å²) in [5.41, 5.74) is 4.89. The van der Waals surface area contributed by atoms with Gasteiger partial charge in [-0.15, -0.1) is 0 Å². The Labute approximate surface area is 262 Å². The summed E-state index contributed by atoms with van der Waals surface area (Å²) in [5, 5.41) is 0.0150. The van der Waals surface area contributed by atoms with Crippen molar-refractivity contribution in [3.05, 3.63) is 59.1 Å². The zero-order valence-corrected chi connectivity index (χ0v) is 25.6. The Hall–Kier alpha value is -3.01. The van der Waals surface area contributed by atoms with Crippen molar-refractivity contribution in [2.24, 2.45) is 11.7 Å². The Balaban J connectivity index is 1.75. The van der Waals surface area contributed by atoms with Gasteiger partial charge in [0.15, 0.2) is 0 Å². The molecular weight excluding hydrogens is 649 g/mol. The monoisotopic (exact) mass is 681 g/mol. The van der Waals surface area contributed by atoms with Gasteiger partial charge in [-0.3, -0.25) is 4.79 Å². The van der Waals surface area contributed by atoms with E-state index in [-0.39, 0.29) is 42.7 Å². The van der Waals surface area contributed by atoms with E-state index in [9.17, 15) is 31.2 Å². The van der Waals surface area contributed by atoms with Crippen molar-refractivity contribution in [2.75, 3.05) is 19.7 Å². The molecule has 45 heavy (non-hydrogen) atoms. The third-order valence-corrected chi connectivity index (χ3v) is 9.72. The van der Waals surface area contributed by atoms with Crippen LogP contribution in [0.2, 0.25) is 5.02 Å². The first kappa shape index (κ1) is 34.9. The van der Waals surface area contributed by atoms with Gasteiger partial charge in [0, 0.05) is 29.7 Å². The van der Waals surface area contributed by atoms with Crippen LogP contribution < -0.4 is 10.5 Å². The van der Waals surface area contributed by atoms with Crippen LogP contribution in [0.15, 0.2) is 53.4 Å². The Kier molecular flexibility index (Phi) is 11.0. The molecule has 2 aromatic rings. The van der Waals surface area contributed by atoms with Gasteiger partial charge in [-0.1, -0.05) is 43.0 Å². The lowest BCUT2D eigenvalue weighted by Crippen LogP contribution is -2.60. The highest BCUT2D eigenvalue weighted by atomic mass is 35.5. The molecule has 1 aliphatic heterocycles. The van der Waals surface area contributed by atoms with Crippen molar-refractivity contribution in [1.82, 2.24) is 9.37 Å². The van der Waals surface area contributed by atoms with Crippen molar-refractivity contribution in [1.29, 1.82) is 0 Å². The molecule has 4 rings (SSSR count). The lowest BCUT2D eigenvalue weighted by Gasteiger charge is -2.38. The predicted octanol–water partition coefficient (Wildman–Crippen LogP) is 5.42. The molecule has 9 nitrogen and oxygen atoms in total. The molecule has 1 heterocycles. The maximum absolute atomic E-state index is 16.3. The second-order valence-electron chi connectivity index (χ2n) is 11.1. The van der Waals surface area contributed by atoms with E-state index in [0.717, 1.165) is 73.4 Å². The number of alkyl halides is 5. The molecule has 0 bridgehead atoms. The normalized spacial score (nSPS) is 18.1. The third kappa shape index (κ3) is 8.43. The molecule has 2 fully saturated rings. The minimum atomic E-state index is -5.80. The number of amides is 1. The summed E-state index contributed by atoms with van der Waals surface area (Å²) in [4.78, 5) is 29.9. The molecule has 2 aromatic carbocycles. The molecule has 1 saturated heterocycles. The number of likely N-dealkylation sites (tertiary alicyclic amines) is 1. The second kappa shape index (κ2) is 14.2. The van der Waals surface area contributed by atoms with Crippen LogP contribution in [-0.2, 0) is 30.4 Å². The molecular formula is C29H33ClF5N3O6S. The summed E-state index contributed by atoms with van der Waals surface area (Å²) in [5.74, 6) is -8.71. The van der Waals surface area contributed by atoms with Crippen molar-refractivity contribution < 1.29 is 49.5 Å². The number of carbonyl (C=O) groups is 2. The number of sulfonamides is 1. The fraction of sp³-hybridized carbons (Fsp3) is 0.517. The van der Waals surface area contributed by atoms with E-state index in [2.05, 4.69) is 4.84 Å².